The molecule has 0 unspecified atom stereocenters. The first kappa shape index (κ1) is 28.2. The quantitative estimate of drug-likeness (QED) is 0.188. The molecule has 10 aromatic rings. The fourth-order valence-corrected chi connectivity index (χ4v) is 7.18. The predicted octanol–water partition coefficient (Wildman–Crippen LogP) is 11.5. The molecule has 0 spiro atoms. The Balaban J connectivity index is 1.19. The molecule has 0 atom stereocenters. The average Bonchev–Trinajstić information content (AvgIpc) is 3.74. The normalized spacial score (nSPS) is 11.6. The highest BCUT2D eigenvalue weighted by atomic mass is 16.3. The molecule has 0 saturated heterocycles. The van der Waals surface area contributed by atoms with E-state index in [4.69, 9.17) is 19.4 Å². The zero-order valence-electron chi connectivity index (χ0n) is 26.9. The molecule has 3 aromatic heterocycles. The van der Waals surface area contributed by atoms with E-state index in [1.807, 2.05) is 72.8 Å². The van der Waals surface area contributed by atoms with Gasteiger partial charge in [-0.05, 0) is 35.9 Å². The predicted molar refractivity (Wildman–Crippen MR) is 203 cm³/mol. The van der Waals surface area contributed by atoms with E-state index in [1.165, 1.54) is 16.3 Å². The molecule has 50 heavy (non-hydrogen) atoms. The first-order chi connectivity index (χ1) is 24.8. The Bertz CT molecular complexity index is 2800. The molecule has 0 aliphatic heterocycles. The average molecular weight is 641 g/mol. The minimum atomic E-state index is 0.602. The Labute approximate surface area is 287 Å². The summed E-state index contributed by atoms with van der Waals surface area (Å²) in [6.07, 6.45) is 0. The van der Waals surface area contributed by atoms with Gasteiger partial charge in [0.2, 0.25) is 0 Å². The number of aromatic nitrogens is 4. The summed E-state index contributed by atoms with van der Waals surface area (Å²) in [5, 5.41) is 4.44. The Morgan fingerprint density at radius 2 is 0.980 bits per heavy atom. The molecule has 5 heteroatoms. The van der Waals surface area contributed by atoms with Crippen LogP contribution in [0, 0.1) is 0 Å². The topological polar surface area (TPSA) is 56.7 Å². The molecule has 0 bridgehead atoms. The number of hydrogen-bond donors (Lipinski definition) is 0. The molecule has 5 nitrogen and oxygen atoms in total. The van der Waals surface area contributed by atoms with E-state index in [-0.39, 0.29) is 0 Å². The van der Waals surface area contributed by atoms with Crippen molar-refractivity contribution in [3.63, 3.8) is 0 Å². The number of nitrogens with zero attached hydrogens (tertiary/aromatic N) is 4. The summed E-state index contributed by atoms with van der Waals surface area (Å²) in [5.74, 6) is 1.86. The first-order valence-electron chi connectivity index (χ1n) is 16.7. The first-order valence-corrected chi connectivity index (χ1v) is 16.7. The fraction of sp³-hybridized carbons (Fsp3) is 0. The van der Waals surface area contributed by atoms with Crippen LogP contribution in [-0.2, 0) is 0 Å². The molecular weight excluding hydrogens is 613 g/mol. The Morgan fingerprint density at radius 3 is 1.72 bits per heavy atom. The molecule has 0 fully saturated rings. The number of para-hydroxylation sites is 3. The van der Waals surface area contributed by atoms with Gasteiger partial charge in [-0.15, -0.1) is 0 Å². The van der Waals surface area contributed by atoms with Crippen molar-refractivity contribution in [3.05, 3.63) is 170 Å². The molecule has 7 aromatic carbocycles. The van der Waals surface area contributed by atoms with Crippen LogP contribution in [0.25, 0.3) is 94.7 Å². The maximum atomic E-state index is 6.74. The fourth-order valence-electron chi connectivity index (χ4n) is 7.18. The van der Waals surface area contributed by atoms with Crippen molar-refractivity contribution in [1.82, 2.24) is 19.5 Å². The molecule has 0 radical (unpaired) electrons. The van der Waals surface area contributed by atoms with E-state index in [9.17, 15) is 0 Å². The zero-order valence-corrected chi connectivity index (χ0v) is 26.9. The van der Waals surface area contributed by atoms with Crippen molar-refractivity contribution in [1.29, 1.82) is 0 Å². The van der Waals surface area contributed by atoms with Crippen molar-refractivity contribution in [2.24, 2.45) is 0 Å². The van der Waals surface area contributed by atoms with E-state index in [0.717, 1.165) is 61.0 Å². The van der Waals surface area contributed by atoms with Gasteiger partial charge in [0.1, 0.15) is 11.2 Å². The molecular formula is C45H28N4O. The van der Waals surface area contributed by atoms with Crippen LogP contribution in [0.4, 0.5) is 0 Å². The second-order valence-corrected chi connectivity index (χ2v) is 12.4. The zero-order chi connectivity index (χ0) is 33.0. The van der Waals surface area contributed by atoms with Crippen molar-refractivity contribution >= 4 is 43.7 Å². The number of benzene rings is 7. The van der Waals surface area contributed by atoms with Gasteiger partial charge >= 0.3 is 0 Å². The lowest BCUT2D eigenvalue weighted by Crippen LogP contribution is -2.00. The van der Waals surface area contributed by atoms with Crippen molar-refractivity contribution in [2.45, 2.75) is 0 Å². The van der Waals surface area contributed by atoms with Gasteiger partial charge in [0, 0.05) is 49.5 Å². The van der Waals surface area contributed by atoms with Crippen molar-refractivity contribution in [3.8, 4) is 51.0 Å². The van der Waals surface area contributed by atoms with Crippen molar-refractivity contribution < 1.29 is 4.42 Å². The Morgan fingerprint density at radius 1 is 0.400 bits per heavy atom. The third-order valence-corrected chi connectivity index (χ3v) is 9.46. The van der Waals surface area contributed by atoms with Crippen LogP contribution in [0.15, 0.2) is 174 Å². The van der Waals surface area contributed by atoms with Crippen LogP contribution in [0.5, 0.6) is 0 Å². The monoisotopic (exact) mass is 640 g/mol. The van der Waals surface area contributed by atoms with Gasteiger partial charge in [-0.3, -0.25) is 0 Å². The lowest BCUT2D eigenvalue weighted by Gasteiger charge is -2.09. The molecule has 10 rings (SSSR count). The van der Waals surface area contributed by atoms with Gasteiger partial charge in [0.05, 0.1) is 11.0 Å². The standard InChI is InChI=1S/C45H28N4O/c1-4-14-29(15-5-1)43-46-44(30-16-6-2-7-17-30)48-45(47-43)37-23-13-25-40-41(37)36-22-12-21-33(42(36)50-40)31-26-27-35-34-20-10-11-24-38(34)49(39(35)28-31)32-18-8-3-9-19-32/h1-28H. The third kappa shape index (κ3) is 4.52. The summed E-state index contributed by atoms with van der Waals surface area (Å²) in [5.41, 5.74) is 9.95. The molecule has 234 valence electrons. The summed E-state index contributed by atoms with van der Waals surface area (Å²) in [4.78, 5) is 15.0. The highest BCUT2D eigenvalue weighted by molar-refractivity contribution is 6.16. The molecule has 3 heterocycles. The van der Waals surface area contributed by atoms with Crippen molar-refractivity contribution in [2.75, 3.05) is 0 Å². The minimum Gasteiger partial charge on any atom is -0.455 e. The van der Waals surface area contributed by atoms with Crippen LogP contribution < -0.4 is 0 Å². The minimum absolute atomic E-state index is 0.602. The van der Waals surface area contributed by atoms with Crippen LogP contribution >= 0.6 is 0 Å². The molecule has 0 amide bonds. The summed E-state index contributed by atoms with van der Waals surface area (Å²) in [7, 11) is 0. The lowest BCUT2D eigenvalue weighted by molar-refractivity contribution is 0.670. The van der Waals surface area contributed by atoms with E-state index < -0.39 is 0 Å². The summed E-state index contributed by atoms with van der Waals surface area (Å²) >= 11 is 0. The van der Waals surface area contributed by atoms with Crippen LogP contribution in [0.1, 0.15) is 0 Å². The maximum Gasteiger partial charge on any atom is 0.164 e. The molecule has 0 aliphatic rings. The van der Waals surface area contributed by atoms with Gasteiger partial charge in [0.15, 0.2) is 17.5 Å². The highest BCUT2D eigenvalue weighted by Crippen LogP contribution is 2.42. The van der Waals surface area contributed by atoms with Crippen LogP contribution in [0.2, 0.25) is 0 Å². The van der Waals surface area contributed by atoms with E-state index in [2.05, 4.69) is 102 Å². The van der Waals surface area contributed by atoms with Crippen LogP contribution in [0.3, 0.4) is 0 Å². The Kier molecular flexibility index (Phi) is 6.42. The largest absolute Gasteiger partial charge is 0.455 e. The van der Waals surface area contributed by atoms with Gasteiger partial charge in [-0.2, -0.15) is 0 Å². The van der Waals surface area contributed by atoms with Gasteiger partial charge < -0.3 is 8.98 Å². The summed E-state index contributed by atoms with van der Waals surface area (Å²) in [6, 6.07) is 58.5. The van der Waals surface area contributed by atoms with E-state index in [0.29, 0.717) is 17.5 Å². The van der Waals surface area contributed by atoms with Crippen LogP contribution in [-0.4, -0.2) is 19.5 Å². The summed E-state index contributed by atoms with van der Waals surface area (Å²) in [6.45, 7) is 0. The molecule has 0 aliphatic carbocycles. The number of furan rings is 1. The van der Waals surface area contributed by atoms with E-state index in [1.54, 1.807) is 0 Å². The van der Waals surface area contributed by atoms with Gasteiger partial charge in [0.25, 0.3) is 0 Å². The Hall–Kier alpha value is -6.85. The highest BCUT2D eigenvalue weighted by Gasteiger charge is 2.20. The smallest absolute Gasteiger partial charge is 0.164 e. The number of hydrogen-bond acceptors (Lipinski definition) is 4. The number of rotatable bonds is 5. The summed E-state index contributed by atoms with van der Waals surface area (Å²) < 4.78 is 9.09. The maximum absolute atomic E-state index is 6.74. The SMILES string of the molecule is c1ccc(-c2nc(-c3ccccc3)nc(-c3cccc4oc5c(-c6ccc7c8ccccc8n(-c8ccccc8)c7c6)cccc5c34)n2)cc1. The second kappa shape index (κ2) is 11.4. The molecule has 0 N–H and O–H groups in total. The molecule has 0 saturated carbocycles. The van der Waals surface area contributed by atoms with E-state index >= 15 is 0 Å². The number of fused-ring (bicyclic) bond motifs is 6. The third-order valence-electron chi connectivity index (χ3n) is 9.46. The van der Waals surface area contributed by atoms with Gasteiger partial charge in [-0.25, -0.2) is 15.0 Å². The second-order valence-electron chi connectivity index (χ2n) is 12.4. The lowest BCUT2D eigenvalue weighted by atomic mass is 9.99. The van der Waals surface area contributed by atoms with Gasteiger partial charge in [-0.1, -0.05) is 140 Å².